The molecule has 0 spiro atoms. The second kappa shape index (κ2) is 7.38. The van der Waals surface area contributed by atoms with Crippen LogP contribution < -0.4 is 10.2 Å². The molecule has 0 radical (unpaired) electrons. The van der Waals surface area contributed by atoms with Crippen molar-refractivity contribution in [2.75, 3.05) is 16.8 Å². The SMILES string of the molecule is CCN(C(C)=O)c1nc(CNc2ccccc2[C@H](C)O)cs1. The molecule has 0 aliphatic heterocycles. The number of hydrogen-bond acceptors (Lipinski definition) is 5. The normalized spacial score (nSPS) is 12.0. The second-order valence-electron chi connectivity index (χ2n) is 5.00. The molecule has 118 valence electrons. The summed E-state index contributed by atoms with van der Waals surface area (Å²) in [6.07, 6.45) is -0.525. The first-order valence-electron chi connectivity index (χ1n) is 7.26. The van der Waals surface area contributed by atoms with E-state index >= 15 is 0 Å². The number of nitrogens with zero attached hydrogens (tertiary/aromatic N) is 2. The molecule has 1 atom stereocenters. The quantitative estimate of drug-likeness (QED) is 0.858. The fourth-order valence-electron chi connectivity index (χ4n) is 2.20. The van der Waals surface area contributed by atoms with Crippen LogP contribution in [0.3, 0.4) is 0 Å². The number of benzene rings is 1. The van der Waals surface area contributed by atoms with Crippen molar-refractivity contribution in [3.63, 3.8) is 0 Å². The van der Waals surface area contributed by atoms with Crippen LogP contribution in [0.5, 0.6) is 0 Å². The molecular formula is C16H21N3O2S. The van der Waals surface area contributed by atoms with E-state index in [1.807, 2.05) is 36.6 Å². The van der Waals surface area contributed by atoms with Crippen LogP contribution in [-0.2, 0) is 11.3 Å². The van der Waals surface area contributed by atoms with Crippen LogP contribution in [0.1, 0.15) is 38.1 Å². The Kier molecular flexibility index (Phi) is 5.51. The van der Waals surface area contributed by atoms with Gasteiger partial charge in [-0.15, -0.1) is 11.3 Å². The molecule has 0 bridgehead atoms. The standard InChI is InChI=1S/C16H21N3O2S/c1-4-19(12(3)21)16-18-13(10-22-16)9-17-15-8-6-5-7-14(15)11(2)20/h5-8,10-11,17,20H,4,9H2,1-3H3/t11-/m0/s1. The highest BCUT2D eigenvalue weighted by Crippen LogP contribution is 2.24. The third kappa shape index (κ3) is 3.84. The Labute approximate surface area is 134 Å². The number of amides is 1. The Morgan fingerprint density at radius 1 is 1.45 bits per heavy atom. The highest BCUT2D eigenvalue weighted by Gasteiger charge is 2.13. The molecule has 1 aromatic carbocycles. The highest BCUT2D eigenvalue weighted by atomic mass is 32.1. The second-order valence-corrected chi connectivity index (χ2v) is 5.84. The Bertz CT molecular complexity index is 640. The van der Waals surface area contributed by atoms with E-state index in [0.717, 1.165) is 22.1 Å². The maximum Gasteiger partial charge on any atom is 0.225 e. The number of aromatic nitrogens is 1. The van der Waals surface area contributed by atoms with Crippen molar-refractivity contribution in [2.45, 2.75) is 33.4 Å². The van der Waals surface area contributed by atoms with Gasteiger partial charge in [0.25, 0.3) is 0 Å². The van der Waals surface area contributed by atoms with Crippen LogP contribution in [-0.4, -0.2) is 22.5 Å². The number of thiazole rings is 1. The monoisotopic (exact) mass is 319 g/mol. The minimum absolute atomic E-state index is 0.00388. The molecule has 6 heteroatoms. The van der Waals surface area contributed by atoms with Gasteiger partial charge in [0.1, 0.15) is 0 Å². The van der Waals surface area contributed by atoms with Crippen molar-refractivity contribution in [3.8, 4) is 0 Å². The highest BCUT2D eigenvalue weighted by molar-refractivity contribution is 7.14. The van der Waals surface area contributed by atoms with Gasteiger partial charge in [0.15, 0.2) is 5.13 Å². The average molecular weight is 319 g/mol. The van der Waals surface area contributed by atoms with Crippen molar-refractivity contribution in [2.24, 2.45) is 0 Å². The number of anilines is 2. The van der Waals surface area contributed by atoms with Crippen molar-refractivity contribution in [1.29, 1.82) is 0 Å². The molecular weight excluding hydrogens is 298 g/mol. The smallest absolute Gasteiger partial charge is 0.225 e. The van der Waals surface area contributed by atoms with Gasteiger partial charge in [-0.05, 0) is 19.9 Å². The minimum atomic E-state index is -0.525. The molecule has 1 amide bonds. The van der Waals surface area contributed by atoms with Gasteiger partial charge >= 0.3 is 0 Å². The molecule has 0 aliphatic carbocycles. The van der Waals surface area contributed by atoms with Crippen LogP contribution >= 0.6 is 11.3 Å². The van der Waals surface area contributed by atoms with E-state index in [9.17, 15) is 9.90 Å². The molecule has 2 N–H and O–H groups in total. The fourth-order valence-corrected chi connectivity index (χ4v) is 3.13. The number of para-hydroxylation sites is 1. The van der Waals surface area contributed by atoms with Crippen LogP contribution in [0.4, 0.5) is 10.8 Å². The third-order valence-electron chi connectivity index (χ3n) is 3.34. The predicted octanol–water partition coefficient (Wildman–Crippen LogP) is 3.18. The van der Waals surface area contributed by atoms with Gasteiger partial charge in [-0.1, -0.05) is 18.2 Å². The number of carbonyl (C=O) groups excluding carboxylic acids is 1. The van der Waals surface area contributed by atoms with Gasteiger partial charge in [-0.25, -0.2) is 4.98 Å². The number of nitrogens with one attached hydrogen (secondary N) is 1. The number of hydrogen-bond donors (Lipinski definition) is 2. The lowest BCUT2D eigenvalue weighted by Gasteiger charge is -2.15. The predicted molar refractivity (Wildman–Crippen MR) is 90.2 cm³/mol. The van der Waals surface area contributed by atoms with E-state index in [1.165, 1.54) is 11.3 Å². The van der Waals surface area contributed by atoms with Crippen molar-refractivity contribution in [3.05, 3.63) is 40.9 Å². The van der Waals surface area contributed by atoms with Crippen molar-refractivity contribution < 1.29 is 9.90 Å². The molecule has 0 saturated heterocycles. The minimum Gasteiger partial charge on any atom is -0.389 e. The zero-order chi connectivity index (χ0) is 16.1. The van der Waals surface area contributed by atoms with Crippen molar-refractivity contribution >= 4 is 28.1 Å². The topological polar surface area (TPSA) is 65.5 Å². The molecule has 2 rings (SSSR count). The largest absolute Gasteiger partial charge is 0.389 e. The first-order chi connectivity index (χ1) is 10.5. The molecule has 22 heavy (non-hydrogen) atoms. The first-order valence-corrected chi connectivity index (χ1v) is 8.14. The molecule has 0 saturated carbocycles. The number of rotatable bonds is 6. The molecule has 1 heterocycles. The zero-order valence-corrected chi connectivity index (χ0v) is 13.9. The maximum atomic E-state index is 11.5. The summed E-state index contributed by atoms with van der Waals surface area (Å²) in [5.41, 5.74) is 2.63. The Hall–Kier alpha value is -1.92. The summed E-state index contributed by atoms with van der Waals surface area (Å²) in [5.74, 6) is -0.00388. The van der Waals surface area contributed by atoms with Crippen LogP contribution in [0, 0.1) is 0 Å². The van der Waals surface area contributed by atoms with Gasteiger partial charge < -0.3 is 10.4 Å². The van der Waals surface area contributed by atoms with E-state index in [1.54, 1.807) is 18.7 Å². The van der Waals surface area contributed by atoms with Crippen LogP contribution in [0.15, 0.2) is 29.6 Å². The van der Waals surface area contributed by atoms with Gasteiger partial charge in [0.2, 0.25) is 5.91 Å². The van der Waals surface area contributed by atoms with Gasteiger partial charge in [-0.2, -0.15) is 0 Å². The number of aliphatic hydroxyl groups excluding tert-OH is 1. The van der Waals surface area contributed by atoms with E-state index in [2.05, 4.69) is 10.3 Å². The maximum absolute atomic E-state index is 11.5. The summed E-state index contributed by atoms with van der Waals surface area (Å²) in [5, 5.41) is 15.7. The summed E-state index contributed by atoms with van der Waals surface area (Å²) in [4.78, 5) is 17.7. The summed E-state index contributed by atoms with van der Waals surface area (Å²) in [6.45, 7) is 6.38. The third-order valence-corrected chi connectivity index (χ3v) is 4.25. The number of aliphatic hydroxyl groups is 1. The van der Waals surface area contributed by atoms with Crippen LogP contribution in [0.2, 0.25) is 0 Å². The first kappa shape index (κ1) is 16.5. The van der Waals surface area contributed by atoms with E-state index in [4.69, 9.17) is 0 Å². The molecule has 0 aliphatic rings. The summed E-state index contributed by atoms with van der Waals surface area (Å²) < 4.78 is 0. The zero-order valence-electron chi connectivity index (χ0n) is 13.0. The Morgan fingerprint density at radius 3 is 2.82 bits per heavy atom. The lowest BCUT2D eigenvalue weighted by molar-refractivity contribution is -0.116. The van der Waals surface area contributed by atoms with E-state index in [-0.39, 0.29) is 5.91 Å². The summed E-state index contributed by atoms with van der Waals surface area (Å²) in [6, 6.07) is 7.66. The molecule has 5 nitrogen and oxygen atoms in total. The summed E-state index contributed by atoms with van der Waals surface area (Å²) in [7, 11) is 0. The van der Waals surface area contributed by atoms with Gasteiger partial charge in [-0.3, -0.25) is 9.69 Å². The molecule has 1 aromatic heterocycles. The van der Waals surface area contributed by atoms with Crippen LogP contribution in [0.25, 0.3) is 0 Å². The Balaban J connectivity index is 2.07. The molecule has 0 fully saturated rings. The van der Waals surface area contributed by atoms with Crippen molar-refractivity contribution in [1.82, 2.24) is 4.98 Å². The summed E-state index contributed by atoms with van der Waals surface area (Å²) >= 11 is 1.46. The molecule has 2 aromatic rings. The lowest BCUT2D eigenvalue weighted by atomic mass is 10.1. The fraction of sp³-hybridized carbons (Fsp3) is 0.375. The Morgan fingerprint density at radius 2 is 2.18 bits per heavy atom. The van der Waals surface area contributed by atoms with E-state index < -0.39 is 6.10 Å². The van der Waals surface area contributed by atoms with Gasteiger partial charge in [0.05, 0.1) is 18.3 Å². The lowest BCUT2D eigenvalue weighted by Crippen LogP contribution is -2.27. The van der Waals surface area contributed by atoms with Gasteiger partial charge in [0, 0.05) is 30.1 Å². The average Bonchev–Trinajstić information content (AvgIpc) is 2.94. The molecule has 0 unspecified atom stereocenters. The number of carbonyl (C=O) groups is 1. The van der Waals surface area contributed by atoms with E-state index in [0.29, 0.717) is 13.1 Å².